The third-order valence-corrected chi connectivity index (χ3v) is 6.31. The zero-order valence-electron chi connectivity index (χ0n) is 15.4. The minimum atomic E-state index is -0.0850. The van der Waals surface area contributed by atoms with Crippen molar-refractivity contribution in [2.45, 2.75) is 50.2 Å². The molecule has 2 N–H and O–H groups in total. The molecule has 6 nitrogen and oxygen atoms in total. The van der Waals surface area contributed by atoms with E-state index in [0.29, 0.717) is 17.8 Å². The Labute approximate surface area is 157 Å². The van der Waals surface area contributed by atoms with Gasteiger partial charge in [-0.1, -0.05) is 12.5 Å². The maximum Gasteiger partial charge on any atom is 0.272 e. The average molecular weight is 364 g/mol. The molecule has 2 aliphatic heterocycles. The van der Waals surface area contributed by atoms with Crippen molar-refractivity contribution < 1.29 is 9.21 Å². The van der Waals surface area contributed by atoms with Gasteiger partial charge in [-0.2, -0.15) is 5.10 Å². The van der Waals surface area contributed by atoms with E-state index in [-0.39, 0.29) is 11.9 Å². The number of furan rings is 1. The van der Waals surface area contributed by atoms with Gasteiger partial charge in [-0.05, 0) is 56.5 Å². The van der Waals surface area contributed by atoms with Gasteiger partial charge in [0.1, 0.15) is 0 Å². The first-order valence-corrected chi connectivity index (χ1v) is 9.72. The van der Waals surface area contributed by atoms with E-state index in [1.165, 1.54) is 19.3 Å². The molecule has 6 heteroatoms. The summed E-state index contributed by atoms with van der Waals surface area (Å²) in [7, 11) is 2.23. The molecule has 2 aromatic heterocycles. The fourth-order valence-corrected chi connectivity index (χ4v) is 4.78. The van der Waals surface area contributed by atoms with E-state index < -0.39 is 0 Å². The third-order valence-electron chi connectivity index (χ3n) is 6.31. The largest absolute Gasteiger partial charge is 0.472 e. The molecule has 0 unspecified atom stereocenters. The molecule has 3 aromatic rings. The normalized spacial score (nSPS) is 25.6. The van der Waals surface area contributed by atoms with E-state index in [1.807, 2.05) is 24.3 Å². The van der Waals surface area contributed by atoms with E-state index in [0.717, 1.165) is 34.9 Å². The molecule has 0 spiro atoms. The number of nitrogens with zero attached hydrogens (tertiary/aromatic N) is 2. The van der Waals surface area contributed by atoms with Crippen LogP contribution in [0.1, 0.15) is 42.6 Å². The van der Waals surface area contributed by atoms with Gasteiger partial charge in [0.05, 0.1) is 18.0 Å². The number of hydrogen-bond acceptors (Lipinski definition) is 4. The number of amides is 1. The second kappa shape index (κ2) is 6.53. The van der Waals surface area contributed by atoms with Crippen LogP contribution < -0.4 is 5.32 Å². The fraction of sp³-hybridized carbons (Fsp3) is 0.429. The molecule has 0 saturated carbocycles. The summed E-state index contributed by atoms with van der Waals surface area (Å²) in [5.41, 5.74) is 3.35. The highest BCUT2D eigenvalue weighted by atomic mass is 16.3. The van der Waals surface area contributed by atoms with Gasteiger partial charge < -0.3 is 14.6 Å². The topological polar surface area (TPSA) is 74.2 Å². The lowest BCUT2D eigenvalue weighted by molar-refractivity contribution is 0.0462. The van der Waals surface area contributed by atoms with Gasteiger partial charge in [0, 0.05) is 29.1 Å². The summed E-state index contributed by atoms with van der Waals surface area (Å²) in [6, 6.07) is 9.29. The first-order chi connectivity index (χ1) is 13.2. The highest BCUT2D eigenvalue weighted by Crippen LogP contribution is 2.33. The predicted molar refractivity (Wildman–Crippen MR) is 103 cm³/mol. The Bertz CT molecular complexity index is 948. The van der Waals surface area contributed by atoms with Gasteiger partial charge in [-0.15, -0.1) is 0 Å². The van der Waals surface area contributed by atoms with Crippen LogP contribution in [0.25, 0.3) is 22.0 Å². The van der Waals surface area contributed by atoms with Crippen LogP contribution in [-0.2, 0) is 0 Å². The Morgan fingerprint density at radius 3 is 2.78 bits per heavy atom. The number of H-pyrrole nitrogens is 1. The molecule has 27 heavy (non-hydrogen) atoms. The number of nitrogens with one attached hydrogen (secondary N) is 2. The smallest absolute Gasteiger partial charge is 0.272 e. The summed E-state index contributed by atoms with van der Waals surface area (Å²) in [6.45, 7) is 0. The minimum Gasteiger partial charge on any atom is -0.472 e. The van der Waals surface area contributed by atoms with Gasteiger partial charge in [0.15, 0.2) is 5.69 Å². The quantitative estimate of drug-likeness (QED) is 0.745. The molecule has 0 aliphatic carbocycles. The number of hydrogen-bond donors (Lipinski definition) is 2. The maximum atomic E-state index is 13.0. The SMILES string of the molecule is CN1[C@@H]2CCC[C@H]1C[C@@H](NC(=O)c1n[nH]c3ccc(-c4ccoc4)cc13)C2. The van der Waals surface area contributed by atoms with Crippen molar-refractivity contribution >= 4 is 16.8 Å². The summed E-state index contributed by atoms with van der Waals surface area (Å²) < 4.78 is 5.18. The molecule has 140 valence electrons. The lowest BCUT2D eigenvalue weighted by Gasteiger charge is -2.47. The van der Waals surface area contributed by atoms with Gasteiger partial charge in [0.25, 0.3) is 5.91 Å². The average Bonchev–Trinajstić information content (AvgIpc) is 3.31. The van der Waals surface area contributed by atoms with Crippen molar-refractivity contribution in [3.63, 3.8) is 0 Å². The minimum absolute atomic E-state index is 0.0850. The number of piperidine rings is 2. The van der Waals surface area contributed by atoms with Crippen LogP contribution in [0.5, 0.6) is 0 Å². The van der Waals surface area contributed by atoms with Crippen LogP contribution in [0.4, 0.5) is 0 Å². The van der Waals surface area contributed by atoms with Crippen LogP contribution in [0.2, 0.25) is 0 Å². The fourth-order valence-electron chi connectivity index (χ4n) is 4.78. The van der Waals surface area contributed by atoms with Crippen molar-refractivity contribution in [3.8, 4) is 11.1 Å². The van der Waals surface area contributed by atoms with Crippen LogP contribution in [0, 0.1) is 0 Å². The molecule has 0 radical (unpaired) electrons. The van der Waals surface area contributed by atoms with Crippen LogP contribution in [0.15, 0.2) is 41.2 Å². The molecular formula is C21H24N4O2. The highest BCUT2D eigenvalue weighted by Gasteiger charge is 2.36. The van der Waals surface area contributed by atoms with Crippen molar-refractivity contribution in [3.05, 3.63) is 42.5 Å². The predicted octanol–water partition coefficient (Wildman–Crippen LogP) is 3.57. The summed E-state index contributed by atoms with van der Waals surface area (Å²) in [5.74, 6) is -0.0850. The molecule has 2 fully saturated rings. The van der Waals surface area contributed by atoms with Crippen LogP contribution >= 0.6 is 0 Å². The number of carbonyl (C=O) groups excluding carboxylic acids is 1. The summed E-state index contributed by atoms with van der Waals surface area (Å²) in [6.07, 6.45) is 9.19. The number of carbonyl (C=O) groups is 1. The molecular weight excluding hydrogens is 340 g/mol. The molecule has 2 bridgehead atoms. The summed E-state index contributed by atoms with van der Waals surface area (Å²) in [4.78, 5) is 15.5. The van der Waals surface area contributed by atoms with Gasteiger partial charge >= 0.3 is 0 Å². The van der Waals surface area contributed by atoms with Gasteiger partial charge in [0.2, 0.25) is 0 Å². The summed E-state index contributed by atoms with van der Waals surface area (Å²) in [5, 5.41) is 11.4. The molecule has 4 heterocycles. The molecule has 1 aromatic carbocycles. The Kier molecular flexibility index (Phi) is 4.01. The Balaban J connectivity index is 1.38. The standard InChI is InChI=1S/C21H24N4O2/c1-25-16-3-2-4-17(25)11-15(10-16)22-21(26)20-18-9-13(14-7-8-27-12-14)5-6-19(18)23-24-20/h5-9,12,15-17H,2-4,10-11H2,1H3,(H,22,26)(H,23,24)/t15-,16+,17-. The number of aromatic nitrogens is 2. The molecule has 3 atom stereocenters. The lowest BCUT2D eigenvalue weighted by Crippen LogP contribution is -2.55. The number of rotatable bonds is 3. The van der Waals surface area contributed by atoms with Crippen LogP contribution in [0.3, 0.4) is 0 Å². The lowest BCUT2D eigenvalue weighted by atomic mass is 9.82. The van der Waals surface area contributed by atoms with Gasteiger partial charge in [-0.3, -0.25) is 9.89 Å². The zero-order chi connectivity index (χ0) is 18.4. The highest BCUT2D eigenvalue weighted by molar-refractivity contribution is 6.05. The van der Waals surface area contributed by atoms with Gasteiger partial charge in [-0.25, -0.2) is 0 Å². The second-order valence-corrected chi connectivity index (χ2v) is 7.89. The first kappa shape index (κ1) is 16.6. The number of benzene rings is 1. The van der Waals surface area contributed by atoms with Crippen LogP contribution in [-0.4, -0.2) is 46.2 Å². The Morgan fingerprint density at radius 2 is 2.04 bits per heavy atom. The van der Waals surface area contributed by atoms with Crippen molar-refractivity contribution in [2.24, 2.45) is 0 Å². The van der Waals surface area contributed by atoms with Crippen molar-refractivity contribution in [2.75, 3.05) is 7.05 Å². The second-order valence-electron chi connectivity index (χ2n) is 7.89. The van der Waals surface area contributed by atoms with E-state index >= 15 is 0 Å². The molecule has 2 aliphatic rings. The van der Waals surface area contributed by atoms with Crippen molar-refractivity contribution in [1.29, 1.82) is 0 Å². The third kappa shape index (κ3) is 2.94. The number of aromatic amines is 1. The molecule has 5 rings (SSSR count). The van der Waals surface area contributed by atoms with E-state index in [4.69, 9.17) is 4.42 Å². The Morgan fingerprint density at radius 1 is 1.22 bits per heavy atom. The Hall–Kier alpha value is -2.60. The summed E-state index contributed by atoms with van der Waals surface area (Å²) >= 11 is 0. The van der Waals surface area contributed by atoms with E-state index in [9.17, 15) is 4.79 Å². The molecule has 1 amide bonds. The zero-order valence-corrected chi connectivity index (χ0v) is 15.4. The number of fused-ring (bicyclic) bond motifs is 3. The van der Waals surface area contributed by atoms with E-state index in [2.05, 4.69) is 27.5 Å². The monoisotopic (exact) mass is 364 g/mol. The van der Waals surface area contributed by atoms with E-state index in [1.54, 1.807) is 12.5 Å². The maximum absolute atomic E-state index is 13.0. The first-order valence-electron chi connectivity index (χ1n) is 9.72. The molecule has 2 saturated heterocycles. The van der Waals surface area contributed by atoms with Crippen molar-refractivity contribution in [1.82, 2.24) is 20.4 Å².